The summed E-state index contributed by atoms with van der Waals surface area (Å²) in [4.78, 5) is 3.92. The molecular weight excluding hydrogens is 258 g/mol. The van der Waals surface area contributed by atoms with Gasteiger partial charge in [-0.1, -0.05) is 6.92 Å². The minimum absolute atomic E-state index is 0.0625. The van der Waals surface area contributed by atoms with Crippen LogP contribution in [0, 0.1) is 0 Å². The van der Waals surface area contributed by atoms with Crippen LogP contribution in [-0.2, 0) is 10.0 Å². The van der Waals surface area contributed by atoms with Crippen LogP contribution in [0.15, 0.2) is 23.2 Å². The first kappa shape index (κ1) is 14.3. The molecule has 5 nitrogen and oxygen atoms in total. The van der Waals surface area contributed by atoms with Crippen LogP contribution in [0.25, 0.3) is 0 Å². The Morgan fingerprint density at radius 2 is 2.24 bits per heavy atom. The molecule has 0 aliphatic carbocycles. The van der Waals surface area contributed by atoms with E-state index in [1.807, 2.05) is 13.2 Å². The number of nitrogens with one attached hydrogen (secondary N) is 1. The standard InChI is InChI=1S/C10H17N3O2S2/c1-3-8(7-16-2)13-17(14,15)9-4-5-10(11)12-6-9/h4-6,8,13H,3,7H2,1-2H3,(H2,11,12). The van der Waals surface area contributed by atoms with Crippen molar-refractivity contribution in [2.24, 2.45) is 0 Å². The van der Waals surface area contributed by atoms with Crippen LogP contribution < -0.4 is 10.5 Å². The Morgan fingerprint density at radius 3 is 2.71 bits per heavy atom. The summed E-state index contributed by atoms with van der Waals surface area (Å²) in [6, 6.07) is 2.87. The molecule has 0 aliphatic heterocycles. The molecule has 0 aromatic carbocycles. The van der Waals surface area contributed by atoms with Crippen molar-refractivity contribution in [3.05, 3.63) is 18.3 Å². The zero-order valence-corrected chi connectivity index (χ0v) is 11.5. The van der Waals surface area contributed by atoms with Crippen molar-refractivity contribution in [2.75, 3.05) is 17.7 Å². The SMILES string of the molecule is CCC(CSC)NS(=O)(=O)c1ccc(N)nc1. The zero-order valence-electron chi connectivity index (χ0n) is 9.88. The average Bonchev–Trinajstić information content (AvgIpc) is 2.28. The molecule has 7 heteroatoms. The lowest BCUT2D eigenvalue weighted by molar-refractivity contribution is 0.558. The van der Waals surface area contributed by atoms with Gasteiger partial charge in [0.25, 0.3) is 0 Å². The maximum Gasteiger partial charge on any atom is 0.242 e. The molecule has 1 rings (SSSR count). The summed E-state index contributed by atoms with van der Waals surface area (Å²) in [7, 11) is -3.49. The van der Waals surface area contributed by atoms with E-state index in [0.717, 1.165) is 12.2 Å². The lowest BCUT2D eigenvalue weighted by atomic mass is 10.3. The van der Waals surface area contributed by atoms with E-state index in [9.17, 15) is 8.42 Å². The second-order valence-electron chi connectivity index (χ2n) is 3.60. The number of hydrogen-bond donors (Lipinski definition) is 2. The molecule has 0 bridgehead atoms. The number of rotatable bonds is 6. The van der Waals surface area contributed by atoms with E-state index >= 15 is 0 Å². The van der Waals surface area contributed by atoms with Crippen LogP contribution in [0.4, 0.5) is 5.82 Å². The fraction of sp³-hybridized carbons (Fsp3) is 0.500. The van der Waals surface area contributed by atoms with Crippen LogP contribution in [0.1, 0.15) is 13.3 Å². The highest BCUT2D eigenvalue weighted by molar-refractivity contribution is 7.98. The summed E-state index contributed by atoms with van der Waals surface area (Å²) in [6.45, 7) is 1.95. The molecule has 0 saturated carbocycles. The normalized spacial score (nSPS) is 13.5. The summed E-state index contributed by atoms with van der Waals surface area (Å²) in [5.41, 5.74) is 5.42. The van der Waals surface area contributed by atoms with Gasteiger partial charge in [-0.2, -0.15) is 11.8 Å². The van der Waals surface area contributed by atoms with Crippen molar-refractivity contribution in [1.29, 1.82) is 0 Å². The van der Waals surface area contributed by atoms with Crippen molar-refractivity contribution in [2.45, 2.75) is 24.3 Å². The van der Waals surface area contributed by atoms with Crippen molar-refractivity contribution in [3.8, 4) is 0 Å². The highest BCUT2D eigenvalue weighted by Gasteiger charge is 2.18. The van der Waals surface area contributed by atoms with Gasteiger partial charge in [-0.15, -0.1) is 0 Å². The van der Waals surface area contributed by atoms with Crippen LogP contribution in [0.5, 0.6) is 0 Å². The smallest absolute Gasteiger partial charge is 0.242 e. The number of hydrogen-bond acceptors (Lipinski definition) is 5. The van der Waals surface area contributed by atoms with E-state index in [4.69, 9.17) is 5.73 Å². The van der Waals surface area contributed by atoms with Crippen molar-refractivity contribution in [3.63, 3.8) is 0 Å². The Kier molecular flexibility index (Phi) is 5.23. The third-order valence-electron chi connectivity index (χ3n) is 2.25. The molecule has 0 amide bonds. The molecule has 1 unspecified atom stereocenters. The van der Waals surface area contributed by atoms with E-state index in [2.05, 4.69) is 9.71 Å². The lowest BCUT2D eigenvalue weighted by Crippen LogP contribution is -2.36. The molecule has 17 heavy (non-hydrogen) atoms. The first-order chi connectivity index (χ1) is 7.99. The van der Waals surface area contributed by atoms with Crippen LogP contribution in [0.2, 0.25) is 0 Å². The van der Waals surface area contributed by atoms with Gasteiger partial charge in [0.15, 0.2) is 0 Å². The first-order valence-electron chi connectivity index (χ1n) is 5.22. The first-order valence-corrected chi connectivity index (χ1v) is 8.10. The molecule has 1 heterocycles. The number of thioether (sulfide) groups is 1. The summed E-state index contributed by atoms with van der Waals surface area (Å²) in [5, 5.41) is 0. The van der Waals surface area contributed by atoms with Crippen LogP contribution in [-0.4, -0.2) is 31.5 Å². The maximum atomic E-state index is 12.0. The Labute approximate surface area is 106 Å². The van der Waals surface area contributed by atoms with Gasteiger partial charge < -0.3 is 5.73 Å². The fourth-order valence-electron chi connectivity index (χ4n) is 1.27. The quantitative estimate of drug-likeness (QED) is 0.811. The number of nitrogen functional groups attached to an aromatic ring is 1. The predicted octanol–water partition coefficient (Wildman–Crippen LogP) is 1.08. The molecule has 0 saturated heterocycles. The molecule has 3 N–H and O–H groups in total. The molecule has 0 fully saturated rings. The fourth-order valence-corrected chi connectivity index (χ4v) is 3.37. The Bertz CT molecular complexity index is 445. The highest BCUT2D eigenvalue weighted by Crippen LogP contribution is 2.11. The van der Waals surface area contributed by atoms with Crippen molar-refractivity contribution in [1.82, 2.24) is 9.71 Å². The number of pyridine rings is 1. The van der Waals surface area contributed by atoms with Crippen LogP contribution in [0.3, 0.4) is 0 Å². The summed E-state index contributed by atoms with van der Waals surface area (Å²) >= 11 is 1.61. The van der Waals surface area contributed by atoms with Gasteiger partial charge in [0.05, 0.1) is 0 Å². The minimum atomic E-state index is -3.49. The van der Waals surface area contributed by atoms with E-state index in [0.29, 0.717) is 5.82 Å². The predicted molar refractivity (Wildman–Crippen MR) is 71.4 cm³/mol. The number of nitrogens with two attached hydrogens (primary N) is 1. The second kappa shape index (κ2) is 6.23. The molecule has 0 spiro atoms. The third kappa shape index (κ3) is 4.18. The van der Waals surface area contributed by atoms with Crippen LogP contribution >= 0.6 is 11.8 Å². The minimum Gasteiger partial charge on any atom is -0.384 e. The lowest BCUT2D eigenvalue weighted by Gasteiger charge is -2.15. The van der Waals surface area contributed by atoms with E-state index in [1.165, 1.54) is 18.3 Å². The molecule has 1 aromatic heterocycles. The number of anilines is 1. The van der Waals surface area contributed by atoms with Gasteiger partial charge in [0.2, 0.25) is 10.0 Å². The number of aromatic nitrogens is 1. The molecule has 0 aliphatic rings. The summed E-state index contributed by atoms with van der Waals surface area (Å²) in [6.07, 6.45) is 3.97. The van der Waals surface area contributed by atoms with E-state index in [1.54, 1.807) is 11.8 Å². The summed E-state index contributed by atoms with van der Waals surface area (Å²) in [5.74, 6) is 1.05. The number of nitrogens with zero attached hydrogens (tertiary/aromatic N) is 1. The van der Waals surface area contributed by atoms with Crippen molar-refractivity contribution >= 4 is 27.6 Å². The van der Waals surface area contributed by atoms with Gasteiger partial charge >= 0.3 is 0 Å². The Hall–Kier alpha value is -0.790. The van der Waals surface area contributed by atoms with Gasteiger partial charge in [-0.3, -0.25) is 0 Å². The van der Waals surface area contributed by atoms with E-state index in [-0.39, 0.29) is 10.9 Å². The zero-order chi connectivity index (χ0) is 12.9. The van der Waals surface area contributed by atoms with Gasteiger partial charge in [-0.05, 0) is 24.8 Å². The molecule has 1 atom stereocenters. The summed E-state index contributed by atoms with van der Waals surface area (Å²) < 4.78 is 26.6. The molecular formula is C10H17N3O2S2. The van der Waals surface area contributed by atoms with E-state index < -0.39 is 10.0 Å². The molecule has 0 radical (unpaired) electrons. The average molecular weight is 275 g/mol. The maximum absolute atomic E-state index is 12.0. The van der Waals surface area contributed by atoms with Gasteiger partial charge in [0, 0.05) is 18.0 Å². The largest absolute Gasteiger partial charge is 0.384 e. The van der Waals surface area contributed by atoms with Crippen molar-refractivity contribution < 1.29 is 8.42 Å². The monoisotopic (exact) mass is 275 g/mol. The molecule has 96 valence electrons. The highest BCUT2D eigenvalue weighted by atomic mass is 32.2. The Morgan fingerprint density at radius 1 is 1.53 bits per heavy atom. The van der Waals surface area contributed by atoms with Gasteiger partial charge in [-0.25, -0.2) is 18.1 Å². The number of sulfonamides is 1. The van der Waals surface area contributed by atoms with Gasteiger partial charge in [0.1, 0.15) is 10.7 Å². The third-order valence-corrected chi connectivity index (χ3v) is 4.49. The Balaban J connectivity index is 2.84. The second-order valence-corrected chi connectivity index (χ2v) is 6.23. The topological polar surface area (TPSA) is 85.1 Å². The molecule has 1 aromatic rings.